The molecule has 0 aliphatic heterocycles. The Morgan fingerprint density at radius 1 is 1.32 bits per heavy atom. The molecule has 1 aromatic rings. The molecular weight excluding hydrogens is 304 g/mol. The maximum atomic E-state index is 12.1. The molecule has 0 aromatic heterocycles. The van der Waals surface area contributed by atoms with Gasteiger partial charge in [-0.15, -0.1) is 0 Å². The maximum absolute atomic E-state index is 12.1. The van der Waals surface area contributed by atoms with Crippen LogP contribution in [0.25, 0.3) is 0 Å². The third-order valence-corrected chi connectivity index (χ3v) is 3.82. The van der Waals surface area contributed by atoms with Gasteiger partial charge in [0.15, 0.2) is 0 Å². The van der Waals surface area contributed by atoms with Crippen molar-refractivity contribution >= 4 is 23.2 Å². The van der Waals surface area contributed by atoms with Crippen LogP contribution in [0.15, 0.2) is 12.1 Å². The summed E-state index contributed by atoms with van der Waals surface area (Å²) in [5, 5.41) is 21.9. The third kappa shape index (κ3) is 5.25. The van der Waals surface area contributed by atoms with Gasteiger partial charge in [0.25, 0.3) is 0 Å². The van der Waals surface area contributed by atoms with E-state index in [9.17, 15) is 15.0 Å². The lowest BCUT2D eigenvalue weighted by Crippen LogP contribution is -2.42. The van der Waals surface area contributed by atoms with Crippen molar-refractivity contribution < 1.29 is 15.0 Å². The van der Waals surface area contributed by atoms with Crippen LogP contribution in [-0.4, -0.2) is 54.4 Å². The van der Waals surface area contributed by atoms with E-state index in [-0.39, 0.29) is 25.7 Å². The summed E-state index contributed by atoms with van der Waals surface area (Å²) in [6.07, 6.45) is 0. The number of carbonyl (C=O) groups is 1. The number of halogens is 1. The van der Waals surface area contributed by atoms with E-state index in [1.807, 2.05) is 26.0 Å². The average Bonchev–Trinajstić information content (AvgIpc) is 2.42. The molecule has 1 aromatic carbocycles. The SMILES string of the molecule is Cc1cc(C)c(NC(=O)CN(C)CC(C)(CO)CO)c(Cl)c1. The van der Waals surface area contributed by atoms with E-state index in [0.29, 0.717) is 17.3 Å². The molecule has 0 heterocycles. The molecule has 0 spiro atoms. The Balaban J connectivity index is 2.67. The van der Waals surface area contributed by atoms with Gasteiger partial charge in [-0.2, -0.15) is 0 Å². The fraction of sp³-hybridized carbons (Fsp3) is 0.562. The monoisotopic (exact) mass is 328 g/mol. The van der Waals surface area contributed by atoms with E-state index in [1.54, 1.807) is 18.9 Å². The molecule has 0 saturated heterocycles. The number of anilines is 1. The number of amides is 1. The molecule has 0 fully saturated rings. The van der Waals surface area contributed by atoms with Gasteiger partial charge in [-0.1, -0.05) is 24.6 Å². The van der Waals surface area contributed by atoms with Crippen LogP contribution < -0.4 is 5.32 Å². The lowest BCUT2D eigenvalue weighted by molar-refractivity contribution is -0.117. The Morgan fingerprint density at radius 2 is 1.91 bits per heavy atom. The van der Waals surface area contributed by atoms with E-state index in [2.05, 4.69) is 5.32 Å². The van der Waals surface area contributed by atoms with Crippen molar-refractivity contribution in [3.8, 4) is 0 Å². The first kappa shape index (κ1) is 18.9. The highest BCUT2D eigenvalue weighted by molar-refractivity contribution is 6.34. The molecular formula is C16H25ClN2O3. The van der Waals surface area contributed by atoms with Crippen molar-refractivity contribution in [3.63, 3.8) is 0 Å². The summed E-state index contributed by atoms with van der Waals surface area (Å²) in [5.41, 5.74) is 1.94. The van der Waals surface area contributed by atoms with E-state index in [4.69, 9.17) is 11.6 Å². The second-order valence-electron chi connectivity index (χ2n) is 6.29. The van der Waals surface area contributed by atoms with E-state index in [1.165, 1.54) is 0 Å². The van der Waals surface area contributed by atoms with Gasteiger partial charge in [0, 0.05) is 12.0 Å². The minimum absolute atomic E-state index is 0.141. The summed E-state index contributed by atoms with van der Waals surface area (Å²) in [5.74, 6) is -0.186. The fourth-order valence-corrected chi connectivity index (χ4v) is 2.72. The minimum atomic E-state index is -0.632. The molecule has 6 heteroatoms. The number of hydrogen-bond donors (Lipinski definition) is 3. The predicted octanol–water partition coefficient (Wildman–Crippen LogP) is 1.82. The zero-order valence-corrected chi connectivity index (χ0v) is 14.4. The van der Waals surface area contributed by atoms with Crippen molar-refractivity contribution in [2.75, 3.05) is 38.7 Å². The topological polar surface area (TPSA) is 72.8 Å². The highest BCUT2D eigenvalue weighted by Crippen LogP contribution is 2.27. The second-order valence-corrected chi connectivity index (χ2v) is 6.69. The quantitative estimate of drug-likeness (QED) is 0.714. The molecule has 0 radical (unpaired) electrons. The number of benzene rings is 1. The van der Waals surface area contributed by atoms with Crippen molar-refractivity contribution in [1.82, 2.24) is 4.90 Å². The molecule has 0 unspecified atom stereocenters. The molecule has 22 heavy (non-hydrogen) atoms. The van der Waals surface area contributed by atoms with E-state index >= 15 is 0 Å². The third-order valence-electron chi connectivity index (χ3n) is 3.52. The molecule has 0 bridgehead atoms. The Hall–Kier alpha value is -1.14. The average molecular weight is 329 g/mol. The van der Waals surface area contributed by atoms with Gasteiger partial charge >= 0.3 is 0 Å². The molecule has 124 valence electrons. The Bertz CT molecular complexity index is 507. The van der Waals surface area contributed by atoms with Crippen LogP contribution in [0, 0.1) is 19.3 Å². The van der Waals surface area contributed by atoms with Crippen LogP contribution in [0.1, 0.15) is 18.1 Å². The Morgan fingerprint density at radius 3 is 2.41 bits per heavy atom. The Labute approximate surface area is 136 Å². The zero-order chi connectivity index (χ0) is 16.9. The minimum Gasteiger partial charge on any atom is -0.396 e. The Kier molecular flexibility index (Phi) is 6.81. The summed E-state index contributed by atoms with van der Waals surface area (Å²) >= 11 is 6.17. The number of nitrogens with zero attached hydrogens (tertiary/aromatic N) is 1. The van der Waals surface area contributed by atoms with Crippen LogP contribution in [-0.2, 0) is 4.79 Å². The van der Waals surface area contributed by atoms with Crippen LogP contribution in [0.4, 0.5) is 5.69 Å². The molecule has 1 amide bonds. The van der Waals surface area contributed by atoms with Gasteiger partial charge in [0.1, 0.15) is 0 Å². The molecule has 1 rings (SSSR count). The highest BCUT2D eigenvalue weighted by Gasteiger charge is 2.25. The van der Waals surface area contributed by atoms with E-state index < -0.39 is 5.41 Å². The standard InChI is InChI=1S/C16H25ClN2O3/c1-11-5-12(2)15(13(17)6-11)18-14(22)7-19(4)8-16(3,9-20)10-21/h5-6,20-21H,7-10H2,1-4H3,(H,18,22). The maximum Gasteiger partial charge on any atom is 0.238 e. The summed E-state index contributed by atoms with van der Waals surface area (Å²) in [6.45, 7) is 5.89. The van der Waals surface area contributed by atoms with Crippen molar-refractivity contribution in [3.05, 3.63) is 28.3 Å². The van der Waals surface area contributed by atoms with Crippen molar-refractivity contribution in [2.45, 2.75) is 20.8 Å². The van der Waals surface area contributed by atoms with Gasteiger partial charge in [-0.05, 0) is 38.1 Å². The number of aliphatic hydroxyl groups excluding tert-OH is 2. The summed E-state index contributed by atoms with van der Waals surface area (Å²) in [7, 11) is 1.77. The van der Waals surface area contributed by atoms with Gasteiger partial charge in [-0.3, -0.25) is 9.69 Å². The second kappa shape index (κ2) is 7.92. The first-order valence-electron chi connectivity index (χ1n) is 7.17. The number of aryl methyl sites for hydroxylation is 2. The lowest BCUT2D eigenvalue weighted by atomic mass is 9.92. The number of aliphatic hydroxyl groups is 2. The van der Waals surface area contributed by atoms with Crippen LogP contribution >= 0.6 is 11.6 Å². The molecule has 5 nitrogen and oxygen atoms in total. The van der Waals surface area contributed by atoms with Crippen molar-refractivity contribution in [2.24, 2.45) is 5.41 Å². The molecule has 0 aliphatic rings. The first-order valence-corrected chi connectivity index (χ1v) is 7.55. The fourth-order valence-electron chi connectivity index (χ4n) is 2.36. The number of nitrogens with one attached hydrogen (secondary N) is 1. The molecule has 0 aliphatic carbocycles. The first-order chi connectivity index (χ1) is 10.2. The highest BCUT2D eigenvalue weighted by atomic mass is 35.5. The predicted molar refractivity (Wildman–Crippen MR) is 89.3 cm³/mol. The zero-order valence-electron chi connectivity index (χ0n) is 13.6. The van der Waals surface area contributed by atoms with Gasteiger partial charge in [-0.25, -0.2) is 0 Å². The number of rotatable bonds is 7. The number of likely N-dealkylation sites (N-methyl/N-ethyl adjacent to an activating group) is 1. The smallest absolute Gasteiger partial charge is 0.238 e. The van der Waals surface area contributed by atoms with Gasteiger partial charge in [0.05, 0.1) is 30.5 Å². The summed E-state index contributed by atoms with van der Waals surface area (Å²) < 4.78 is 0. The number of hydrogen-bond acceptors (Lipinski definition) is 4. The normalized spacial score (nSPS) is 11.8. The lowest BCUT2D eigenvalue weighted by Gasteiger charge is -2.30. The van der Waals surface area contributed by atoms with E-state index in [0.717, 1.165) is 11.1 Å². The largest absolute Gasteiger partial charge is 0.396 e. The van der Waals surface area contributed by atoms with Crippen LogP contribution in [0.3, 0.4) is 0 Å². The number of carbonyl (C=O) groups excluding carboxylic acids is 1. The van der Waals surface area contributed by atoms with Gasteiger partial charge < -0.3 is 15.5 Å². The molecule has 0 saturated carbocycles. The van der Waals surface area contributed by atoms with Crippen molar-refractivity contribution in [1.29, 1.82) is 0 Å². The molecule has 0 atom stereocenters. The molecule has 3 N–H and O–H groups in total. The summed E-state index contributed by atoms with van der Waals surface area (Å²) in [6, 6.07) is 3.77. The van der Waals surface area contributed by atoms with Gasteiger partial charge in [0.2, 0.25) is 5.91 Å². The van der Waals surface area contributed by atoms with Crippen LogP contribution in [0.5, 0.6) is 0 Å². The van der Waals surface area contributed by atoms with Crippen LogP contribution in [0.2, 0.25) is 5.02 Å². The summed E-state index contributed by atoms with van der Waals surface area (Å²) in [4.78, 5) is 13.9.